The topological polar surface area (TPSA) is 53.1 Å². The van der Waals surface area contributed by atoms with Crippen LogP contribution in [0.1, 0.15) is 35.4 Å². The highest BCUT2D eigenvalue weighted by Gasteiger charge is 2.43. The molecule has 14 heteroatoms. The summed E-state index contributed by atoms with van der Waals surface area (Å²) in [6.45, 7) is 1.23. The van der Waals surface area contributed by atoms with Gasteiger partial charge in [-0.2, -0.15) is 26.3 Å². The molecule has 0 aliphatic carbocycles. The van der Waals surface area contributed by atoms with Gasteiger partial charge in [0, 0.05) is 57.9 Å². The van der Waals surface area contributed by atoms with Crippen molar-refractivity contribution in [1.82, 2.24) is 9.80 Å². The van der Waals surface area contributed by atoms with Gasteiger partial charge < -0.3 is 14.5 Å². The minimum Gasteiger partial charge on any atom is -0.381 e. The first-order valence-electron chi connectivity index (χ1n) is 12.7. The van der Waals surface area contributed by atoms with Gasteiger partial charge in [-0.25, -0.2) is 4.79 Å². The number of hydrogen-bond acceptors (Lipinski definition) is 3. The summed E-state index contributed by atoms with van der Waals surface area (Å²) in [5.74, 6) is -0.822. The maximum Gasteiger partial charge on any atom is 0.416 e. The number of carbonyl (C=O) groups is 2. The van der Waals surface area contributed by atoms with E-state index in [4.69, 9.17) is 27.9 Å². The van der Waals surface area contributed by atoms with E-state index in [1.54, 1.807) is 23.1 Å². The zero-order valence-electron chi connectivity index (χ0n) is 22.0. The van der Waals surface area contributed by atoms with Crippen molar-refractivity contribution in [3.05, 3.63) is 63.1 Å². The van der Waals surface area contributed by atoms with Crippen molar-refractivity contribution in [1.29, 1.82) is 0 Å². The molecule has 4 rings (SSSR count). The fraction of sp³-hybridized carbons (Fsp3) is 0.481. The molecule has 2 aromatic rings. The maximum absolute atomic E-state index is 13.6. The molecule has 0 radical (unpaired) electrons. The fourth-order valence-corrected chi connectivity index (χ4v) is 5.56. The molecule has 0 unspecified atom stereocenters. The molecule has 2 atom stereocenters. The lowest BCUT2D eigenvalue weighted by Gasteiger charge is -2.33. The molecule has 41 heavy (non-hydrogen) atoms. The summed E-state index contributed by atoms with van der Waals surface area (Å²) in [5, 5.41) is 0.557. The monoisotopic (exact) mass is 625 g/mol. The number of benzene rings is 2. The van der Waals surface area contributed by atoms with E-state index >= 15 is 0 Å². The molecule has 224 valence electrons. The number of urea groups is 1. The lowest BCUT2D eigenvalue weighted by molar-refractivity contribution is -0.143. The summed E-state index contributed by atoms with van der Waals surface area (Å²) in [4.78, 5) is 30.5. The summed E-state index contributed by atoms with van der Waals surface area (Å²) >= 11 is 12.3. The van der Waals surface area contributed by atoms with Gasteiger partial charge in [0.25, 0.3) is 0 Å². The van der Waals surface area contributed by atoms with Crippen LogP contribution in [0.15, 0.2) is 36.4 Å². The van der Waals surface area contributed by atoms with Crippen molar-refractivity contribution in [3.63, 3.8) is 0 Å². The molecule has 0 N–H and O–H groups in total. The van der Waals surface area contributed by atoms with E-state index in [0.29, 0.717) is 48.8 Å². The molecule has 2 aliphatic heterocycles. The third-order valence-electron chi connectivity index (χ3n) is 7.59. The minimum absolute atomic E-state index is 0.00258. The molecule has 2 heterocycles. The number of nitrogens with zero attached hydrogens (tertiary/aromatic N) is 3. The summed E-state index contributed by atoms with van der Waals surface area (Å²) < 4.78 is 85.9. The van der Waals surface area contributed by atoms with E-state index in [-0.39, 0.29) is 36.0 Å². The Labute approximate surface area is 242 Å². The van der Waals surface area contributed by atoms with Crippen LogP contribution in [0.3, 0.4) is 0 Å². The first-order valence-corrected chi connectivity index (χ1v) is 13.4. The quantitative estimate of drug-likeness (QED) is 0.346. The smallest absolute Gasteiger partial charge is 0.381 e. The van der Waals surface area contributed by atoms with E-state index in [9.17, 15) is 35.9 Å². The summed E-state index contributed by atoms with van der Waals surface area (Å²) in [6, 6.07) is 4.37. The Morgan fingerprint density at radius 3 is 2.00 bits per heavy atom. The number of carbonyl (C=O) groups excluding carboxylic acids is 2. The molecule has 0 saturated carbocycles. The van der Waals surface area contributed by atoms with Crippen molar-refractivity contribution in [2.24, 2.45) is 5.92 Å². The fourth-order valence-electron chi connectivity index (χ4n) is 5.25. The summed E-state index contributed by atoms with van der Waals surface area (Å²) in [5.41, 5.74) is -2.98. The second-order valence-corrected chi connectivity index (χ2v) is 11.0. The van der Waals surface area contributed by atoms with Crippen LogP contribution >= 0.6 is 23.2 Å². The number of amides is 3. The highest BCUT2D eigenvalue weighted by Crippen LogP contribution is 2.39. The summed E-state index contributed by atoms with van der Waals surface area (Å²) in [7, 11) is 2.50. The Balaban J connectivity index is 1.66. The molecule has 0 aromatic heterocycles. The highest BCUT2D eigenvalue weighted by atomic mass is 35.5. The van der Waals surface area contributed by atoms with Crippen LogP contribution in [0.25, 0.3) is 0 Å². The molecule has 0 spiro atoms. The molecular weight excluding hydrogens is 599 g/mol. The zero-order chi connectivity index (χ0) is 30.3. The normalized spacial score (nSPS) is 20.3. The second kappa shape index (κ2) is 11.9. The standard InChI is InChI=1S/C27H27Cl2F6N3O3/c1-36(19-11-17(26(30,31)32)10-18(12-19)27(33,34)35)25(40)37(2)23-14-38(24(39)15-5-7-41-8-6-15)13-20(23)16-3-4-21(28)22(29)9-16/h3-4,9-12,15,20,23H,5-8,13-14H2,1-2H3/t20-,23+/m0/s1. The van der Waals surface area contributed by atoms with Crippen LogP contribution < -0.4 is 4.90 Å². The van der Waals surface area contributed by atoms with Gasteiger partial charge >= 0.3 is 18.4 Å². The van der Waals surface area contributed by atoms with Crippen LogP contribution in [-0.2, 0) is 21.9 Å². The molecule has 2 fully saturated rings. The molecular formula is C27H27Cl2F6N3O3. The maximum atomic E-state index is 13.6. The highest BCUT2D eigenvalue weighted by molar-refractivity contribution is 6.42. The van der Waals surface area contributed by atoms with Gasteiger partial charge in [-0.15, -0.1) is 0 Å². The van der Waals surface area contributed by atoms with Crippen molar-refractivity contribution in [3.8, 4) is 0 Å². The van der Waals surface area contributed by atoms with Gasteiger partial charge in [0.1, 0.15) is 0 Å². The Hall–Kier alpha value is -2.70. The van der Waals surface area contributed by atoms with Gasteiger partial charge in [0.15, 0.2) is 0 Å². The SMILES string of the molecule is CN(C(=O)N(C)[C@@H]1CN(C(=O)C2CCOCC2)C[C@H]1c1ccc(Cl)c(Cl)c1)c1cc(C(F)(F)F)cc(C(F)(F)F)c1. The zero-order valence-corrected chi connectivity index (χ0v) is 23.5. The van der Waals surface area contributed by atoms with E-state index in [1.807, 2.05) is 0 Å². The number of rotatable bonds is 4. The molecule has 2 aliphatic rings. The van der Waals surface area contributed by atoms with Crippen LogP contribution in [0, 0.1) is 5.92 Å². The molecule has 0 bridgehead atoms. The van der Waals surface area contributed by atoms with E-state index < -0.39 is 47.2 Å². The number of likely N-dealkylation sites (N-methyl/N-ethyl adjacent to an activating group) is 1. The van der Waals surface area contributed by atoms with Gasteiger partial charge in [-0.05, 0) is 48.7 Å². The Kier molecular flexibility index (Phi) is 9.06. The first-order chi connectivity index (χ1) is 19.1. The Morgan fingerprint density at radius 1 is 0.878 bits per heavy atom. The third-order valence-corrected chi connectivity index (χ3v) is 8.33. The van der Waals surface area contributed by atoms with Crippen LogP contribution in [0.2, 0.25) is 10.0 Å². The average Bonchev–Trinajstić information content (AvgIpc) is 3.37. The van der Waals surface area contributed by atoms with Crippen molar-refractivity contribution in [2.75, 3.05) is 45.3 Å². The second-order valence-electron chi connectivity index (χ2n) is 10.2. The van der Waals surface area contributed by atoms with Gasteiger partial charge in [-0.3, -0.25) is 9.69 Å². The Bertz CT molecular complexity index is 1270. The molecule has 3 amide bonds. The van der Waals surface area contributed by atoms with Gasteiger partial charge in [-0.1, -0.05) is 29.3 Å². The molecule has 6 nitrogen and oxygen atoms in total. The number of halogens is 8. The number of alkyl halides is 6. The first kappa shape index (κ1) is 31.2. The van der Waals surface area contributed by atoms with Crippen LogP contribution in [0.5, 0.6) is 0 Å². The van der Waals surface area contributed by atoms with E-state index in [1.165, 1.54) is 11.9 Å². The number of likely N-dealkylation sites (tertiary alicyclic amines) is 1. The third kappa shape index (κ3) is 6.86. The van der Waals surface area contributed by atoms with Crippen molar-refractivity contribution < 1.29 is 40.7 Å². The van der Waals surface area contributed by atoms with Gasteiger partial charge in [0.05, 0.1) is 27.2 Å². The lowest BCUT2D eigenvalue weighted by Crippen LogP contribution is -2.48. The number of hydrogen-bond donors (Lipinski definition) is 0. The summed E-state index contributed by atoms with van der Waals surface area (Å²) in [6.07, 6.45) is -9.04. The molecule has 2 saturated heterocycles. The van der Waals surface area contributed by atoms with Crippen molar-refractivity contribution in [2.45, 2.75) is 37.2 Å². The lowest BCUT2D eigenvalue weighted by atomic mass is 9.93. The van der Waals surface area contributed by atoms with Crippen LogP contribution in [-0.4, -0.2) is 68.2 Å². The largest absolute Gasteiger partial charge is 0.416 e. The number of ether oxygens (including phenoxy) is 1. The predicted octanol–water partition coefficient (Wildman–Crippen LogP) is 6.94. The predicted molar refractivity (Wildman–Crippen MR) is 141 cm³/mol. The molecule has 2 aromatic carbocycles. The van der Waals surface area contributed by atoms with Gasteiger partial charge in [0.2, 0.25) is 5.91 Å². The van der Waals surface area contributed by atoms with Crippen molar-refractivity contribution >= 4 is 40.8 Å². The number of anilines is 1. The average molecular weight is 626 g/mol. The van der Waals surface area contributed by atoms with Crippen LogP contribution in [0.4, 0.5) is 36.8 Å². The van der Waals surface area contributed by atoms with E-state index in [0.717, 1.165) is 11.9 Å². The Morgan fingerprint density at radius 2 is 1.46 bits per heavy atom. The minimum atomic E-state index is -5.07. The van der Waals surface area contributed by atoms with E-state index in [2.05, 4.69) is 0 Å².